The number of rotatable bonds is 3. The van der Waals surface area contributed by atoms with Gasteiger partial charge >= 0.3 is 106 Å². The number of halogens is 2. The molecule has 94 valence electrons. The van der Waals surface area contributed by atoms with E-state index in [1.165, 1.54) is 16.8 Å². The van der Waals surface area contributed by atoms with E-state index in [9.17, 15) is 0 Å². The van der Waals surface area contributed by atoms with Crippen molar-refractivity contribution in [3.8, 4) is 0 Å². The zero-order valence-electron chi connectivity index (χ0n) is 10.3. The molecule has 0 radical (unpaired) electrons. The molecule has 18 heavy (non-hydrogen) atoms. The van der Waals surface area contributed by atoms with E-state index in [-0.39, 0.29) is 24.8 Å². The van der Waals surface area contributed by atoms with Gasteiger partial charge in [0.15, 0.2) is 0 Å². The molecule has 0 spiro atoms. The number of hydrogen-bond donors (Lipinski definition) is 0. The molecule has 0 aromatic heterocycles. The Morgan fingerprint density at radius 3 is 1.39 bits per heavy atom. The summed E-state index contributed by atoms with van der Waals surface area (Å²) >= 11 is 3.16. The maximum Gasteiger partial charge on any atom is -1.00 e. The van der Waals surface area contributed by atoms with Crippen LogP contribution in [0.3, 0.4) is 0 Å². The summed E-state index contributed by atoms with van der Waals surface area (Å²) in [6.07, 6.45) is 1.21. The van der Waals surface area contributed by atoms with Gasteiger partial charge in [-0.3, -0.25) is 0 Å². The maximum atomic E-state index is 3.16. The van der Waals surface area contributed by atoms with E-state index in [0.29, 0.717) is 0 Å². The van der Waals surface area contributed by atoms with Crippen molar-refractivity contribution in [2.75, 3.05) is 6.16 Å². The molecule has 0 N–H and O–H groups in total. The smallest absolute Gasteiger partial charge is 1.00 e. The fourth-order valence-corrected chi connectivity index (χ4v) is 5.93. The Bertz CT molecular complexity index is 408. The summed E-state index contributed by atoms with van der Waals surface area (Å²) in [6, 6.07) is 21.8. The Labute approximate surface area is 130 Å². The molecule has 0 aliphatic heterocycles. The largest absolute Gasteiger partial charge is 1.00 e. The van der Waals surface area contributed by atoms with Crippen LogP contribution >= 0.6 is 5.91 Å². The fourth-order valence-electron chi connectivity index (χ4n) is 2.05. The summed E-state index contributed by atoms with van der Waals surface area (Å²) < 4.78 is 0. The molecular weight excluding hydrogens is 297 g/mol. The van der Waals surface area contributed by atoms with Gasteiger partial charge in [0, 0.05) is 0 Å². The van der Waals surface area contributed by atoms with Gasteiger partial charge in [-0.15, -0.1) is 0 Å². The van der Waals surface area contributed by atoms with Gasteiger partial charge in [0.25, 0.3) is 0 Å². The molecule has 2 aromatic rings. The van der Waals surface area contributed by atoms with Crippen molar-refractivity contribution in [1.29, 1.82) is 0 Å². The van der Waals surface area contributed by atoms with Crippen molar-refractivity contribution in [2.45, 2.75) is 6.92 Å². The van der Waals surface area contributed by atoms with Crippen LogP contribution in [0.15, 0.2) is 60.7 Å². The van der Waals surface area contributed by atoms with Crippen LogP contribution in [0.4, 0.5) is 0 Å². The molecule has 0 heterocycles. The average molecular weight is 313 g/mol. The molecule has 2 aromatic carbocycles. The van der Waals surface area contributed by atoms with E-state index in [2.05, 4.69) is 83.4 Å². The molecule has 0 nitrogen and oxygen atoms in total. The van der Waals surface area contributed by atoms with Gasteiger partial charge in [-0.05, 0) is 0 Å². The Hall–Kier alpha value is -0.0175. The third-order valence-electron chi connectivity index (χ3n) is 3.14. The normalized spacial score (nSPS) is 11.1. The van der Waals surface area contributed by atoms with Crippen molar-refractivity contribution in [3.05, 3.63) is 60.7 Å². The molecular formula is C14H16AlCl2P. The second kappa shape index (κ2) is 8.21. The van der Waals surface area contributed by atoms with Gasteiger partial charge in [-0.25, -0.2) is 0 Å². The molecule has 0 bridgehead atoms. The van der Waals surface area contributed by atoms with Crippen LogP contribution < -0.4 is 35.4 Å². The fraction of sp³-hybridized carbons (Fsp3) is 0.143. The summed E-state index contributed by atoms with van der Waals surface area (Å²) in [4.78, 5) is 0. The van der Waals surface area contributed by atoms with Crippen LogP contribution in [0.2, 0.25) is 0 Å². The van der Waals surface area contributed by atoms with Crippen LogP contribution in [0.25, 0.3) is 0 Å². The minimum atomic E-state index is -1.56. The Kier molecular flexibility index (Phi) is 8.20. The minimum Gasteiger partial charge on any atom is -1.00 e. The maximum absolute atomic E-state index is 3.16. The van der Waals surface area contributed by atoms with Crippen molar-refractivity contribution < 1.29 is 24.8 Å². The third-order valence-corrected chi connectivity index (χ3v) is 10.2. The molecule has 0 saturated carbocycles. The van der Waals surface area contributed by atoms with Crippen LogP contribution in [0, 0.1) is 0 Å². The standard InChI is InChI=1S/C14H15P.Al.2ClH/c1-2-15(13-9-5-3-6-10-13)14-11-7-4-8-12-14;;;/h3-12H,2H2,1H3;;2*1H/q;+1;;/p-1. The van der Waals surface area contributed by atoms with Gasteiger partial charge in [-0.1, -0.05) is 0 Å². The zero-order chi connectivity index (χ0) is 11.4. The molecule has 0 amide bonds. The van der Waals surface area contributed by atoms with E-state index in [1.807, 2.05) is 0 Å². The Morgan fingerprint density at radius 1 is 0.778 bits per heavy atom. The quantitative estimate of drug-likeness (QED) is 0.408. The average Bonchev–Trinajstić information content (AvgIpc) is 2.40. The first-order valence-corrected chi connectivity index (χ1v) is 9.69. The summed E-state index contributed by atoms with van der Waals surface area (Å²) in [7, 11) is 0. The summed E-state index contributed by atoms with van der Waals surface area (Å²) in [5.74, 6) is -1.56. The van der Waals surface area contributed by atoms with E-state index in [1.54, 1.807) is 0 Å². The second-order valence-corrected chi connectivity index (χ2v) is 10.8. The molecule has 0 fully saturated rings. The molecule has 0 atom stereocenters. The SMILES string of the molecule is CC[PH]([Al+2])(c1ccccc1)c1ccccc1.[Cl-].[Cl-]. The summed E-state index contributed by atoms with van der Waals surface area (Å²) in [6.45, 7) is 2.29. The molecule has 2 rings (SSSR count). The zero-order valence-corrected chi connectivity index (χ0v) is 14.0. The van der Waals surface area contributed by atoms with Crippen LogP contribution in [0.1, 0.15) is 6.92 Å². The van der Waals surface area contributed by atoms with Gasteiger partial charge in [0.1, 0.15) is 0 Å². The third kappa shape index (κ3) is 3.74. The second-order valence-electron chi connectivity index (χ2n) is 4.06. The van der Waals surface area contributed by atoms with Crippen LogP contribution in [0.5, 0.6) is 0 Å². The van der Waals surface area contributed by atoms with E-state index < -0.39 is 5.91 Å². The number of benzene rings is 2. The van der Waals surface area contributed by atoms with Crippen molar-refractivity contribution >= 4 is 32.4 Å². The van der Waals surface area contributed by atoms with Crippen LogP contribution in [-0.4, -0.2) is 22.0 Å². The van der Waals surface area contributed by atoms with Crippen LogP contribution in [-0.2, 0) is 0 Å². The molecule has 0 aliphatic carbocycles. The van der Waals surface area contributed by atoms with Gasteiger partial charge in [-0.2, -0.15) is 0 Å². The molecule has 0 unspecified atom stereocenters. The first-order chi connectivity index (χ1) is 7.77. The first-order valence-electron chi connectivity index (χ1n) is 5.67. The number of hydrogen-bond acceptors (Lipinski definition) is 0. The predicted molar refractivity (Wildman–Crippen MR) is 76.8 cm³/mol. The van der Waals surface area contributed by atoms with E-state index in [4.69, 9.17) is 0 Å². The Morgan fingerprint density at radius 2 is 1.11 bits per heavy atom. The predicted octanol–water partition coefficient (Wildman–Crippen LogP) is -3.50. The van der Waals surface area contributed by atoms with Gasteiger partial charge in [0.2, 0.25) is 0 Å². The monoisotopic (exact) mass is 312 g/mol. The van der Waals surface area contributed by atoms with Crippen molar-refractivity contribution in [1.82, 2.24) is 0 Å². The summed E-state index contributed by atoms with van der Waals surface area (Å²) in [5.41, 5.74) is 0. The van der Waals surface area contributed by atoms with Gasteiger partial charge in [0.05, 0.1) is 0 Å². The molecule has 0 aliphatic rings. The molecule has 0 saturated heterocycles. The van der Waals surface area contributed by atoms with Gasteiger partial charge < -0.3 is 24.8 Å². The Balaban J connectivity index is 0.00000144. The first kappa shape index (κ1) is 18.0. The topological polar surface area (TPSA) is 0 Å². The summed E-state index contributed by atoms with van der Waals surface area (Å²) in [5, 5.41) is 2.99. The van der Waals surface area contributed by atoms with Crippen molar-refractivity contribution in [2.24, 2.45) is 0 Å². The molecule has 4 heteroatoms. The van der Waals surface area contributed by atoms with Crippen molar-refractivity contribution in [3.63, 3.8) is 0 Å². The van der Waals surface area contributed by atoms with E-state index >= 15 is 0 Å². The minimum absolute atomic E-state index is 0. The van der Waals surface area contributed by atoms with E-state index in [0.717, 1.165) is 0 Å².